The summed E-state index contributed by atoms with van der Waals surface area (Å²) in [7, 11) is -3.10. The largest absolute Gasteiger partial charge is 0.261 e. The summed E-state index contributed by atoms with van der Waals surface area (Å²) in [6.45, 7) is 5.33. The predicted octanol–water partition coefficient (Wildman–Crippen LogP) is 1.75. The second-order valence-electron chi connectivity index (χ2n) is 6.63. The number of aromatic nitrogens is 4. The number of nitrogens with zero attached hydrogens (tertiary/aromatic N) is 5. The molecule has 1 aliphatic heterocycles. The van der Waals surface area contributed by atoms with Crippen molar-refractivity contribution >= 4 is 10.0 Å². The van der Waals surface area contributed by atoms with E-state index in [0.717, 1.165) is 29.9 Å². The number of hydrogen-bond acceptors (Lipinski definition) is 5. The summed E-state index contributed by atoms with van der Waals surface area (Å²) in [6.07, 6.45) is 6.25. The molecule has 1 aliphatic rings. The fourth-order valence-electron chi connectivity index (χ4n) is 3.14. The average Bonchev–Trinajstić information content (AvgIpc) is 3.15. The van der Waals surface area contributed by atoms with E-state index in [1.165, 1.54) is 6.26 Å². The van der Waals surface area contributed by atoms with Gasteiger partial charge in [0, 0.05) is 31.0 Å². The maximum Gasteiger partial charge on any atom is 0.211 e. The summed E-state index contributed by atoms with van der Waals surface area (Å²) in [5, 5.41) is 4.34. The molecular weight excluding hydrogens is 326 g/mol. The second kappa shape index (κ2) is 6.60. The number of hydrogen-bond donors (Lipinski definition) is 0. The molecule has 1 fully saturated rings. The Bertz CT molecular complexity index is 815. The Balaban J connectivity index is 1.76. The first-order valence-electron chi connectivity index (χ1n) is 8.14. The molecule has 0 aliphatic carbocycles. The fraction of sp³-hybridized carbons (Fsp3) is 0.562. The molecule has 7 nitrogen and oxygen atoms in total. The summed E-state index contributed by atoms with van der Waals surface area (Å²) in [6, 6.07) is 4.19. The van der Waals surface area contributed by atoms with Gasteiger partial charge in [-0.1, -0.05) is 0 Å². The molecule has 0 aromatic carbocycles. The Morgan fingerprint density at radius 2 is 2.12 bits per heavy atom. The lowest BCUT2D eigenvalue weighted by Gasteiger charge is -2.14. The van der Waals surface area contributed by atoms with Crippen LogP contribution in [0.15, 0.2) is 24.7 Å². The Labute approximate surface area is 142 Å². The first-order chi connectivity index (χ1) is 11.3. The fourth-order valence-corrected chi connectivity index (χ4v) is 4.06. The van der Waals surface area contributed by atoms with E-state index in [2.05, 4.69) is 28.9 Å². The third-order valence-electron chi connectivity index (χ3n) is 4.36. The molecule has 0 amide bonds. The van der Waals surface area contributed by atoms with Crippen LogP contribution < -0.4 is 0 Å². The quantitative estimate of drug-likeness (QED) is 0.821. The summed E-state index contributed by atoms with van der Waals surface area (Å²) in [4.78, 5) is 8.74. The van der Waals surface area contributed by atoms with Gasteiger partial charge >= 0.3 is 0 Å². The summed E-state index contributed by atoms with van der Waals surface area (Å²) < 4.78 is 26.8. The van der Waals surface area contributed by atoms with Crippen molar-refractivity contribution in [2.45, 2.75) is 32.7 Å². The Hall–Kier alpha value is -1.80. The lowest BCUT2D eigenvalue weighted by molar-refractivity contribution is 0.459. The van der Waals surface area contributed by atoms with Gasteiger partial charge in [-0.2, -0.15) is 5.10 Å². The Kier molecular flexibility index (Phi) is 4.69. The monoisotopic (exact) mass is 349 g/mol. The van der Waals surface area contributed by atoms with Crippen LogP contribution >= 0.6 is 0 Å². The lowest BCUT2D eigenvalue weighted by Crippen LogP contribution is -2.27. The van der Waals surface area contributed by atoms with Crippen LogP contribution in [0.4, 0.5) is 0 Å². The van der Waals surface area contributed by atoms with Gasteiger partial charge in [-0.15, -0.1) is 0 Å². The van der Waals surface area contributed by atoms with Crippen LogP contribution in [0.25, 0.3) is 11.4 Å². The molecule has 2 aromatic rings. The highest BCUT2D eigenvalue weighted by Gasteiger charge is 2.28. The molecule has 0 N–H and O–H groups in total. The van der Waals surface area contributed by atoms with E-state index >= 15 is 0 Å². The van der Waals surface area contributed by atoms with E-state index in [1.54, 1.807) is 16.8 Å². The van der Waals surface area contributed by atoms with Crippen molar-refractivity contribution in [1.82, 2.24) is 24.1 Å². The topological polar surface area (TPSA) is 81.0 Å². The molecule has 1 atom stereocenters. The van der Waals surface area contributed by atoms with Crippen molar-refractivity contribution in [3.8, 4) is 11.4 Å². The molecule has 1 saturated heterocycles. The molecule has 0 bridgehead atoms. The average molecular weight is 349 g/mol. The van der Waals surface area contributed by atoms with Crippen molar-refractivity contribution < 1.29 is 8.42 Å². The van der Waals surface area contributed by atoms with Gasteiger partial charge in [0.1, 0.15) is 6.33 Å². The van der Waals surface area contributed by atoms with Gasteiger partial charge in [0.05, 0.1) is 17.6 Å². The normalized spacial score (nSPS) is 19.2. The first kappa shape index (κ1) is 17.0. The van der Waals surface area contributed by atoms with Crippen LogP contribution in [0.3, 0.4) is 0 Å². The van der Waals surface area contributed by atoms with Crippen LogP contribution in [0.2, 0.25) is 0 Å². The highest BCUT2D eigenvalue weighted by atomic mass is 32.2. The first-order valence-corrected chi connectivity index (χ1v) is 9.99. The second-order valence-corrected chi connectivity index (χ2v) is 8.61. The van der Waals surface area contributed by atoms with Gasteiger partial charge < -0.3 is 0 Å². The summed E-state index contributed by atoms with van der Waals surface area (Å²) in [5.41, 5.74) is 2.76. The Morgan fingerprint density at radius 1 is 1.33 bits per heavy atom. The SMILES string of the molecule is CC(C)n1nccc1-c1cc(C[C@@H]2CCN(S(C)(=O)=O)C2)ncn1. The highest BCUT2D eigenvalue weighted by molar-refractivity contribution is 7.88. The van der Waals surface area contributed by atoms with Gasteiger partial charge in [0.25, 0.3) is 0 Å². The van der Waals surface area contributed by atoms with Crippen molar-refractivity contribution in [2.24, 2.45) is 5.92 Å². The minimum atomic E-state index is -3.10. The van der Waals surface area contributed by atoms with Crippen LogP contribution in [0.1, 0.15) is 32.0 Å². The van der Waals surface area contributed by atoms with Gasteiger partial charge in [0.15, 0.2) is 0 Å². The molecule has 130 valence electrons. The molecule has 0 spiro atoms. The standard InChI is InChI=1S/C16H23N5O2S/c1-12(2)21-16(4-6-19-21)15-9-14(17-11-18-15)8-13-5-7-20(10-13)24(3,22)23/h4,6,9,11-13H,5,7-8,10H2,1-3H3/t13-/m0/s1. The van der Waals surface area contributed by atoms with Gasteiger partial charge in [0.2, 0.25) is 10.0 Å². The molecule has 3 rings (SSSR count). The maximum absolute atomic E-state index is 11.6. The molecule has 0 saturated carbocycles. The molecular formula is C16H23N5O2S. The number of sulfonamides is 1. The molecule has 8 heteroatoms. The van der Waals surface area contributed by atoms with E-state index in [0.29, 0.717) is 19.0 Å². The van der Waals surface area contributed by atoms with Crippen LogP contribution in [-0.2, 0) is 16.4 Å². The van der Waals surface area contributed by atoms with Crippen molar-refractivity contribution in [3.05, 3.63) is 30.4 Å². The minimum Gasteiger partial charge on any atom is -0.261 e. The molecule has 24 heavy (non-hydrogen) atoms. The van der Waals surface area contributed by atoms with Crippen molar-refractivity contribution in [1.29, 1.82) is 0 Å². The molecule has 0 radical (unpaired) electrons. The molecule has 0 unspecified atom stereocenters. The summed E-state index contributed by atoms with van der Waals surface area (Å²) >= 11 is 0. The number of rotatable bonds is 5. The zero-order valence-corrected chi connectivity index (χ0v) is 15.1. The van der Waals surface area contributed by atoms with E-state index in [4.69, 9.17) is 0 Å². The minimum absolute atomic E-state index is 0.256. The van der Waals surface area contributed by atoms with Crippen LogP contribution in [0.5, 0.6) is 0 Å². The summed E-state index contributed by atoms with van der Waals surface area (Å²) in [5.74, 6) is 0.303. The third kappa shape index (κ3) is 3.64. The zero-order chi connectivity index (χ0) is 17.3. The van der Waals surface area contributed by atoms with Crippen molar-refractivity contribution in [2.75, 3.05) is 19.3 Å². The molecule has 3 heterocycles. The highest BCUT2D eigenvalue weighted by Crippen LogP contribution is 2.24. The predicted molar refractivity (Wildman–Crippen MR) is 91.9 cm³/mol. The maximum atomic E-state index is 11.6. The van der Waals surface area contributed by atoms with E-state index in [9.17, 15) is 8.42 Å². The van der Waals surface area contributed by atoms with Gasteiger partial charge in [-0.05, 0) is 44.7 Å². The Morgan fingerprint density at radius 3 is 2.79 bits per heavy atom. The van der Waals surface area contributed by atoms with E-state index in [-0.39, 0.29) is 6.04 Å². The van der Waals surface area contributed by atoms with E-state index < -0.39 is 10.0 Å². The smallest absolute Gasteiger partial charge is 0.211 e. The van der Waals surface area contributed by atoms with Gasteiger partial charge in [-0.3, -0.25) is 4.68 Å². The zero-order valence-electron chi connectivity index (χ0n) is 14.3. The van der Waals surface area contributed by atoms with Crippen LogP contribution in [0, 0.1) is 5.92 Å². The van der Waals surface area contributed by atoms with Crippen molar-refractivity contribution in [3.63, 3.8) is 0 Å². The van der Waals surface area contributed by atoms with E-state index in [1.807, 2.05) is 16.8 Å². The lowest BCUT2D eigenvalue weighted by atomic mass is 10.0. The van der Waals surface area contributed by atoms with Crippen LogP contribution in [-0.4, -0.2) is 51.8 Å². The molecule has 2 aromatic heterocycles. The van der Waals surface area contributed by atoms with Gasteiger partial charge in [-0.25, -0.2) is 22.7 Å². The third-order valence-corrected chi connectivity index (χ3v) is 5.63.